The molecule has 0 saturated carbocycles. The topological polar surface area (TPSA) is 29.5 Å². The maximum Gasteiger partial charge on any atom is 0.0849 e. The highest BCUT2D eigenvalue weighted by molar-refractivity contribution is 9.10. The lowest BCUT2D eigenvalue weighted by Gasteiger charge is -2.24. The van der Waals surface area contributed by atoms with Gasteiger partial charge in [-0.3, -0.25) is 0 Å². The number of hydrogen-bond acceptors (Lipinski definition) is 2. The van der Waals surface area contributed by atoms with Crippen molar-refractivity contribution in [2.75, 3.05) is 6.61 Å². The van der Waals surface area contributed by atoms with Crippen molar-refractivity contribution in [1.29, 1.82) is 0 Å². The predicted molar refractivity (Wildman–Crippen MR) is 84.7 cm³/mol. The minimum atomic E-state index is -0.458. The van der Waals surface area contributed by atoms with Crippen LogP contribution in [0.5, 0.6) is 0 Å². The van der Waals surface area contributed by atoms with Gasteiger partial charge < -0.3 is 9.84 Å². The summed E-state index contributed by atoms with van der Waals surface area (Å²) in [5, 5.41) is 13.1. The van der Waals surface area contributed by atoms with Crippen molar-refractivity contribution in [3.8, 4) is 0 Å². The molecule has 1 N–H and O–H groups in total. The largest absolute Gasteiger partial charge is 0.388 e. The molecule has 1 aliphatic rings. The van der Waals surface area contributed by atoms with Gasteiger partial charge in [0.05, 0.1) is 12.2 Å². The van der Waals surface area contributed by atoms with Crippen LogP contribution >= 0.6 is 15.9 Å². The molecular weight excluding hydrogens is 316 g/mol. The van der Waals surface area contributed by atoms with Crippen molar-refractivity contribution >= 4 is 26.7 Å². The Kier molecular flexibility index (Phi) is 4.11. The zero-order chi connectivity index (χ0) is 14.1. The monoisotopic (exact) mass is 334 g/mol. The van der Waals surface area contributed by atoms with Crippen molar-refractivity contribution in [3.63, 3.8) is 0 Å². The van der Waals surface area contributed by atoms with Crippen LogP contribution in [0.25, 0.3) is 10.8 Å². The Bertz CT molecular complexity index is 611. The van der Waals surface area contributed by atoms with E-state index in [1.807, 2.05) is 24.3 Å². The number of halogens is 1. The molecule has 3 heteroatoms. The second-order valence-electron chi connectivity index (χ2n) is 5.40. The number of rotatable bonds is 3. The highest BCUT2D eigenvalue weighted by Crippen LogP contribution is 2.38. The Hall–Kier alpha value is -0.900. The van der Waals surface area contributed by atoms with Crippen LogP contribution < -0.4 is 0 Å². The molecule has 1 aliphatic heterocycles. The van der Waals surface area contributed by atoms with E-state index in [1.54, 1.807) is 0 Å². The van der Waals surface area contributed by atoms with Gasteiger partial charge in [0.15, 0.2) is 0 Å². The second kappa shape index (κ2) is 5.84. The van der Waals surface area contributed by atoms with Crippen molar-refractivity contribution in [3.05, 3.63) is 46.4 Å². The van der Waals surface area contributed by atoms with Gasteiger partial charge in [-0.2, -0.15) is 0 Å². The van der Waals surface area contributed by atoms with Gasteiger partial charge in [-0.25, -0.2) is 0 Å². The summed E-state index contributed by atoms with van der Waals surface area (Å²) in [7, 11) is 0. The lowest BCUT2D eigenvalue weighted by Crippen LogP contribution is -2.22. The van der Waals surface area contributed by atoms with Gasteiger partial charge in [-0.15, -0.1) is 0 Å². The van der Waals surface area contributed by atoms with Crippen LogP contribution in [0, 0.1) is 5.92 Å². The van der Waals surface area contributed by atoms with E-state index in [1.165, 1.54) is 0 Å². The highest BCUT2D eigenvalue weighted by atomic mass is 79.9. The average molecular weight is 335 g/mol. The minimum absolute atomic E-state index is 0.174. The molecule has 1 saturated heterocycles. The zero-order valence-corrected chi connectivity index (χ0v) is 13.1. The van der Waals surface area contributed by atoms with Crippen LogP contribution in [0.2, 0.25) is 0 Å². The molecule has 20 heavy (non-hydrogen) atoms. The molecule has 106 valence electrons. The maximum absolute atomic E-state index is 10.8. The number of aliphatic hydroxyl groups is 1. The maximum atomic E-state index is 10.8. The SMILES string of the molecule is CCC1OCCC1C(O)c1ccc(Br)c2ccccc12. The van der Waals surface area contributed by atoms with E-state index in [0.717, 1.165) is 40.3 Å². The summed E-state index contributed by atoms with van der Waals surface area (Å²) in [6.45, 7) is 2.88. The fraction of sp³-hybridized carbons (Fsp3) is 0.412. The molecule has 0 bridgehead atoms. The summed E-state index contributed by atoms with van der Waals surface area (Å²) in [6.07, 6.45) is 1.60. The molecule has 2 nitrogen and oxygen atoms in total. The molecule has 1 heterocycles. The number of aliphatic hydroxyl groups excluding tert-OH is 1. The summed E-state index contributed by atoms with van der Waals surface area (Å²) < 4.78 is 6.79. The fourth-order valence-electron chi connectivity index (χ4n) is 3.22. The van der Waals surface area contributed by atoms with Crippen LogP contribution in [-0.2, 0) is 4.74 Å². The van der Waals surface area contributed by atoms with E-state index in [2.05, 4.69) is 35.0 Å². The Balaban J connectivity index is 2.04. The molecule has 0 spiro atoms. The standard InChI is InChI=1S/C17H19BrO2/c1-2-16-14(9-10-20-16)17(19)13-7-8-15(18)12-6-4-3-5-11(12)13/h3-8,14,16-17,19H,2,9-10H2,1H3. The molecule has 2 aromatic carbocycles. The van der Waals surface area contributed by atoms with Gasteiger partial charge in [0, 0.05) is 17.0 Å². The summed E-state index contributed by atoms with van der Waals surface area (Å²) in [4.78, 5) is 0. The molecule has 1 fully saturated rings. The van der Waals surface area contributed by atoms with Gasteiger partial charge in [-0.05, 0) is 35.2 Å². The van der Waals surface area contributed by atoms with Crippen LogP contribution in [0.3, 0.4) is 0 Å². The van der Waals surface area contributed by atoms with Crippen molar-refractivity contribution in [2.45, 2.75) is 32.0 Å². The minimum Gasteiger partial charge on any atom is -0.388 e. The molecule has 0 aliphatic carbocycles. The second-order valence-corrected chi connectivity index (χ2v) is 6.25. The average Bonchev–Trinajstić information content (AvgIpc) is 2.96. The highest BCUT2D eigenvalue weighted by Gasteiger charge is 2.34. The normalized spacial score (nSPS) is 24.1. The molecule has 0 aromatic heterocycles. The Labute approximate surface area is 127 Å². The Morgan fingerprint density at radius 3 is 2.75 bits per heavy atom. The Morgan fingerprint density at radius 2 is 2.00 bits per heavy atom. The third-order valence-electron chi connectivity index (χ3n) is 4.29. The summed E-state index contributed by atoms with van der Waals surface area (Å²) in [5.74, 6) is 0.199. The van der Waals surface area contributed by atoms with E-state index in [-0.39, 0.29) is 12.0 Å². The lowest BCUT2D eigenvalue weighted by atomic mass is 9.87. The molecule has 0 radical (unpaired) electrons. The van der Waals surface area contributed by atoms with Gasteiger partial charge in [-0.1, -0.05) is 53.2 Å². The van der Waals surface area contributed by atoms with E-state index >= 15 is 0 Å². The van der Waals surface area contributed by atoms with Gasteiger partial charge >= 0.3 is 0 Å². The quantitative estimate of drug-likeness (QED) is 0.898. The van der Waals surface area contributed by atoms with E-state index in [0.29, 0.717) is 0 Å². The first kappa shape index (κ1) is 14.1. The van der Waals surface area contributed by atoms with Crippen LogP contribution in [0.1, 0.15) is 31.4 Å². The lowest BCUT2D eigenvalue weighted by molar-refractivity contribution is 0.0313. The third kappa shape index (κ3) is 2.39. The molecular formula is C17H19BrO2. The number of ether oxygens (including phenoxy) is 1. The number of fused-ring (bicyclic) bond motifs is 1. The van der Waals surface area contributed by atoms with Crippen LogP contribution in [0.4, 0.5) is 0 Å². The summed E-state index contributed by atoms with van der Waals surface area (Å²) in [5.41, 5.74) is 1.01. The first-order valence-corrected chi connectivity index (χ1v) is 7.98. The predicted octanol–water partition coefficient (Wildman–Crippen LogP) is 4.45. The summed E-state index contributed by atoms with van der Waals surface area (Å²) in [6, 6.07) is 12.3. The Morgan fingerprint density at radius 1 is 1.25 bits per heavy atom. The van der Waals surface area contributed by atoms with E-state index < -0.39 is 6.10 Å². The first-order valence-electron chi connectivity index (χ1n) is 7.19. The molecule has 2 aromatic rings. The summed E-state index contributed by atoms with van der Waals surface area (Å²) >= 11 is 3.58. The van der Waals surface area contributed by atoms with Crippen molar-refractivity contribution in [1.82, 2.24) is 0 Å². The van der Waals surface area contributed by atoms with E-state index in [4.69, 9.17) is 4.74 Å². The van der Waals surface area contributed by atoms with Crippen LogP contribution in [-0.4, -0.2) is 17.8 Å². The van der Waals surface area contributed by atoms with Gasteiger partial charge in [0.25, 0.3) is 0 Å². The molecule has 3 unspecified atom stereocenters. The third-order valence-corrected chi connectivity index (χ3v) is 4.98. The molecule has 3 rings (SSSR count). The number of benzene rings is 2. The van der Waals surface area contributed by atoms with Crippen molar-refractivity contribution < 1.29 is 9.84 Å². The number of hydrogen-bond donors (Lipinski definition) is 1. The van der Waals surface area contributed by atoms with Gasteiger partial charge in [0.1, 0.15) is 0 Å². The molecule has 0 amide bonds. The zero-order valence-electron chi connectivity index (χ0n) is 11.6. The smallest absolute Gasteiger partial charge is 0.0849 e. The van der Waals surface area contributed by atoms with E-state index in [9.17, 15) is 5.11 Å². The van der Waals surface area contributed by atoms with Gasteiger partial charge in [0.2, 0.25) is 0 Å². The fourth-order valence-corrected chi connectivity index (χ4v) is 3.70. The molecule has 3 atom stereocenters. The van der Waals surface area contributed by atoms with Crippen LogP contribution in [0.15, 0.2) is 40.9 Å². The van der Waals surface area contributed by atoms with Crippen molar-refractivity contribution in [2.24, 2.45) is 5.92 Å². The first-order chi connectivity index (χ1) is 9.72.